The Morgan fingerprint density at radius 2 is 1.90 bits per heavy atom. The molecule has 1 saturated heterocycles. The number of carbonyl (C=O) groups excluding carboxylic acids is 3. The number of guanidine groups is 1. The van der Waals surface area contributed by atoms with E-state index in [1.165, 1.54) is 11.8 Å². The van der Waals surface area contributed by atoms with Gasteiger partial charge in [-0.3, -0.25) is 19.4 Å². The van der Waals surface area contributed by atoms with Crippen molar-refractivity contribution in [3.8, 4) is 0 Å². The second kappa shape index (κ2) is 11.9. The number of hydrogen-bond acceptors (Lipinski definition) is 7. The van der Waals surface area contributed by atoms with Crippen LogP contribution in [0.2, 0.25) is 0 Å². The van der Waals surface area contributed by atoms with Crippen molar-refractivity contribution in [3.63, 3.8) is 0 Å². The number of aliphatic imine (C=N–C) groups is 1. The van der Waals surface area contributed by atoms with E-state index in [9.17, 15) is 29.4 Å². The van der Waals surface area contributed by atoms with Crippen molar-refractivity contribution in [3.05, 3.63) is 0 Å². The van der Waals surface area contributed by atoms with Gasteiger partial charge >= 0.3 is 5.97 Å². The number of nitrogens with one attached hydrogen (secondary N) is 2. The summed E-state index contributed by atoms with van der Waals surface area (Å²) in [6.07, 6.45) is 0.0474. The number of nitrogens with zero attached hydrogens (tertiary/aromatic N) is 2. The predicted molar refractivity (Wildman–Crippen MR) is 107 cm³/mol. The molecule has 13 heteroatoms. The van der Waals surface area contributed by atoms with Gasteiger partial charge in [0.1, 0.15) is 18.1 Å². The molecule has 170 valence electrons. The quantitative estimate of drug-likeness (QED) is 0.0977. The van der Waals surface area contributed by atoms with Crippen molar-refractivity contribution >= 4 is 29.7 Å². The Morgan fingerprint density at radius 3 is 2.43 bits per heavy atom. The van der Waals surface area contributed by atoms with Crippen LogP contribution >= 0.6 is 0 Å². The topological polar surface area (TPSA) is 226 Å². The molecule has 0 aromatic carbocycles. The first-order chi connectivity index (χ1) is 14.1. The minimum absolute atomic E-state index is 0.119. The molecule has 0 aromatic heterocycles. The van der Waals surface area contributed by atoms with Crippen molar-refractivity contribution in [2.45, 2.75) is 56.8 Å². The van der Waals surface area contributed by atoms with Gasteiger partial charge in [0, 0.05) is 13.1 Å². The van der Waals surface area contributed by atoms with Crippen molar-refractivity contribution in [1.82, 2.24) is 15.5 Å². The Kier molecular flexibility index (Phi) is 9.98. The number of rotatable bonds is 11. The van der Waals surface area contributed by atoms with Crippen LogP contribution in [0.4, 0.5) is 0 Å². The third-order valence-corrected chi connectivity index (χ3v) is 4.65. The standard InChI is InChI=1S/C17H31N7O6/c1-9(25)13(23-12(26)8-18)14(27)22-10(4-2-6-21-17(19)20)15(28)24-7-3-5-11(24)16(29)30/h9-11,13,25H,2-8,18H2,1H3,(H,22,27)(H,23,26)(H,29,30)(H4,19,20,21). The Morgan fingerprint density at radius 1 is 1.23 bits per heavy atom. The first-order valence-corrected chi connectivity index (χ1v) is 9.65. The van der Waals surface area contributed by atoms with Gasteiger partial charge in [-0.1, -0.05) is 0 Å². The predicted octanol–water partition coefficient (Wildman–Crippen LogP) is -3.58. The van der Waals surface area contributed by atoms with E-state index in [2.05, 4.69) is 15.6 Å². The molecule has 1 rings (SSSR count). The summed E-state index contributed by atoms with van der Waals surface area (Å²) in [4.78, 5) is 53.6. The average Bonchev–Trinajstić information content (AvgIpc) is 3.17. The molecule has 13 nitrogen and oxygen atoms in total. The fourth-order valence-electron chi connectivity index (χ4n) is 3.15. The van der Waals surface area contributed by atoms with Crippen LogP contribution in [0.3, 0.4) is 0 Å². The first-order valence-electron chi connectivity index (χ1n) is 9.65. The maximum atomic E-state index is 13.0. The monoisotopic (exact) mass is 429 g/mol. The van der Waals surface area contributed by atoms with E-state index < -0.39 is 47.9 Å². The van der Waals surface area contributed by atoms with E-state index in [4.69, 9.17) is 17.2 Å². The van der Waals surface area contributed by atoms with Gasteiger partial charge in [0.25, 0.3) is 0 Å². The zero-order valence-electron chi connectivity index (χ0n) is 16.9. The highest BCUT2D eigenvalue weighted by molar-refractivity contribution is 5.94. The molecule has 1 aliphatic rings. The lowest BCUT2D eigenvalue weighted by Crippen LogP contribution is -2.58. The van der Waals surface area contributed by atoms with E-state index in [0.29, 0.717) is 19.3 Å². The average molecular weight is 429 g/mol. The summed E-state index contributed by atoms with van der Waals surface area (Å²) >= 11 is 0. The molecular weight excluding hydrogens is 398 g/mol. The molecular formula is C17H31N7O6. The minimum Gasteiger partial charge on any atom is -0.480 e. The van der Waals surface area contributed by atoms with Crippen LogP contribution in [-0.4, -0.2) is 88.6 Å². The number of hydrogen-bond donors (Lipinski definition) is 7. The van der Waals surface area contributed by atoms with Gasteiger partial charge in [0.2, 0.25) is 17.7 Å². The molecule has 4 unspecified atom stereocenters. The summed E-state index contributed by atoms with van der Waals surface area (Å²) < 4.78 is 0. The fourth-order valence-corrected chi connectivity index (χ4v) is 3.15. The fraction of sp³-hybridized carbons (Fsp3) is 0.706. The van der Waals surface area contributed by atoms with Crippen LogP contribution in [0.5, 0.6) is 0 Å². The molecule has 3 amide bonds. The normalized spacial score (nSPS) is 18.8. The molecule has 0 saturated carbocycles. The molecule has 30 heavy (non-hydrogen) atoms. The number of carbonyl (C=O) groups is 4. The van der Waals surface area contributed by atoms with Crippen LogP contribution < -0.4 is 27.8 Å². The van der Waals surface area contributed by atoms with E-state index in [-0.39, 0.29) is 32.0 Å². The Labute approximate surface area is 174 Å². The summed E-state index contributed by atoms with van der Waals surface area (Å²) in [6.45, 7) is 1.37. The van der Waals surface area contributed by atoms with Crippen LogP contribution in [0.25, 0.3) is 0 Å². The Bertz CT molecular complexity index is 665. The van der Waals surface area contributed by atoms with Crippen molar-refractivity contribution in [2.75, 3.05) is 19.6 Å². The Hall–Kier alpha value is -2.93. The van der Waals surface area contributed by atoms with Crippen molar-refractivity contribution in [2.24, 2.45) is 22.2 Å². The minimum atomic E-state index is -1.33. The van der Waals surface area contributed by atoms with E-state index in [1.807, 2.05) is 0 Å². The third kappa shape index (κ3) is 7.48. The maximum absolute atomic E-state index is 13.0. The van der Waals surface area contributed by atoms with Gasteiger partial charge in [-0.05, 0) is 32.6 Å². The molecule has 4 atom stereocenters. The number of carboxylic acid groups (broad SMARTS) is 1. The van der Waals surface area contributed by atoms with Crippen molar-refractivity contribution in [1.29, 1.82) is 0 Å². The lowest BCUT2D eigenvalue weighted by atomic mass is 10.1. The van der Waals surface area contributed by atoms with Gasteiger partial charge in [-0.15, -0.1) is 0 Å². The number of aliphatic hydroxyl groups excluding tert-OH is 1. The number of amides is 3. The number of aliphatic carboxylic acids is 1. The lowest BCUT2D eigenvalue weighted by Gasteiger charge is -2.29. The second-order valence-corrected chi connectivity index (χ2v) is 7.03. The highest BCUT2D eigenvalue weighted by atomic mass is 16.4. The molecule has 0 aromatic rings. The van der Waals surface area contributed by atoms with Gasteiger partial charge in [-0.2, -0.15) is 0 Å². The van der Waals surface area contributed by atoms with Crippen LogP contribution in [0.15, 0.2) is 4.99 Å². The van der Waals surface area contributed by atoms with Crippen molar-refractivity contribution < 1.29 is 29.4 Å². The van der Waals surface area contributed by atoms with Gasteiger partial charge in [0.15, 0.2) is 5.96 Å². The zero-order chi connectivity index (χ0) is 22.8. The highest BCUT2D eigenvalue weighted by Gasteiger charge is 2.38. The molecule has 0 bridgehead atoms. The summed E-state index contributed by atoms with van der Waals surface area (Å²) in [5, 5.41) is 24.0. The van der Waals surface area contributed by atoms with E-state index in [1.54, 1.807) is 0 Å². The van der Waals surface area contributed by atoms with Crippen LogP contribution in [-0.2, 0) is 19.2 Å². The largest absolute Gasteiger partial charge is 0.480 e. The molecule has 1 heterocycles. The molecule has 0 spiro atoms. The number of aliphatic hydroxyl groups is 1. The SMILES string of the molecule is CC(O)C(NC(=O)CN)C(=O)NC(CCCN=C(N)N)C(=O)N1CCCC1C(=O)O. The van der Waals surface area contributed by atoms with E-state index >= 15 is 0 Å². The highest BCUT2D eigenvalue weighted by Crippen LogP contribution is 2.19. The second-order valence-electron chi connectivity index (χ2n) is 7.03. The summed E-state index contributed by atoms with van der Waals surface area (Å²) in [6, 6.07) is -3.38. The van der Waals surface area contributed by atoms with Crippen LogP contribution in [0.1, 0.15) is 32.6 Å². The smallest absolute Gasteiger partial charge is 0.326 e. The lowest BCUT2D eigenvalue weighted by molar-refractivity contribution is -0.149. The molecule has 1 aliphatic heterocycles. The maximum Gasteiger partial charge on any atom is 0.326 e. The first kappa shape index (κ1) is 25.1. The molecule has 0 radical (unpaired) electrons. The van der Waals surface area contributed by atoms with Crippen LogP contribution in [0, 0.1) is 0 Å². The molecule has 1 fully saturated rings. The van der Waals surface area contributed by atoms with E-state index in [0.717, 1.165) is 0 Å². The number of likely N-dealkylation sites (tertiary alicyclic amines) is 1. The van der Waals surface area contributed by atoms with Gasteiger partial charge in [-0.25, -0.2) is 4.79 Å². The third-order valence-electron chi connectivity index (χ3n) is 4.65. The summed E-state index contributed by atoms with van der Waals surface area (Å²) in [5.74, 6) is -3.25. The van der Waals surface area contributed by atoms with Gasteiger partial charge < -0.3 is 42.9 Å². The molecule has 0 aliphatic carbocycles. The van der Waals surface area contributed by atoms with Gasteiger partial charge in [0.05, 0.1) is 12.6 Å². The zero-order valence-corrected chi connectivity index (χ0v) is 16.9. The molecule has 10 N–H and O–H groups in total. The summed E-state index contributed by atoms with van der Waals surface area (Å²) in [7, 11) is 0. The number of nitrogens with two attached hydrogens (primary N) is 3. The number of carboxylic acids is 1. The summed E-state index contributed by atoms with van der Waals surface area (Å²) in [5.41, 5.74) is 15.8. The Balaban J connectivity index is 2.97.